The van der Waals surface area contributed by atoms with Gasteiger partial charge < -0.3 is 4.57 Å². The maximum atomic E-state index is 12.9. The molecule has 3 aromatic rings. The summed E-state index contributed by atoms with van der Waals surface area (Å²) in [5.41, 5.74) is 5.83. The Morgan fingerprint density at radius 3 is 2.48 bits per heavy atom. The zero-order valence-electron chi connectivity index (χ0n) is 17.3. The smallest absolute Gasteiger partial charge is 0.293 e. The molecule has 0 spiro atoms. The number of imide groups is 1. The van der Waals surface area contributed by atoms with Crippen LogP contribution in [-0.2, 0) is 11.3 Å². The number of amides is 2. The van der Waals surface area contributed by atoms with Crippen molar-refractivity contribution in [3.05, 3.63) is 91.0 Å². The van der Waals surface area contributed by atoms with Crippen LogP contribution in [0.15, 0.2) is 57.9 Å². The van der Waals surface area contributed by atoms with Gasteiger partial charge in [0.15, 0.2) is 0 Å². The number of carbonyl (C=O) groups excluding carboxylic acids is 2. The second-order valence-corrected chi connectivity index (χ2v) is 9.76. The van der Waals surface area contributed by atoms with Crippen LogP contribution in [0.1, 0.15) is 28.1 Å². The molecule has 0 aliphatic carbocycles. The highest BCUT2D eigenvalue weighted by Crippen LogP contribution is 2.35. The molecule has 0 atom stereocenters. The fourth-order valence-corrected chi connectivity index (χ4v) is 4.96. The molecule has 1 saturated heterocycles. The van der Waals surface area contributed by atoms with Gasteiger partial charge in [-0.15, -0.1) is 0 Å². The predicted molar refractivity (Wildman–Crippen MR) is 131 cm³/mol. The van der Waals surface area contributed by atoms with Crippen molar-refractivity contribution in [3.63, 3.8) is 0 Å². The molecular formula is C24H20BrClN2O2S. The van der Waals surface area contributed by atoms with Crippen LogP contribution in [0.25, 0.3) is 11.8 Å². The lowest BCUT2D eigenvalue weighted by atomic mass is 10.2. The Hall–Kier alpha value is -2.28. The maximum absolute atomic E-state index is 12.9. The highest BCUT2D eigenvalue weighted by Gasteiger charge is 2.35. The number of halogens is 2. The van der Waals surface area contributed by atoms with Crippen LogP contribution in [0.4, 0.5) is 4.79 Å². The summed E-state index contributed by atoms with van der Waals surface area (Å²) >= 11 is 10.7. The first-order valence-corrected chi connectivity index (χ1v) is 11.7. The van der Waals surface area contributed by atoms with E-state index in [1.54, 1.807) is 0 Å². The molecule has 4 rings (SSSR count). The van der Waals surface area contributed by atoms with Gasteiger partial charge >= 0.3 is 0 Å². The third kappa shape index (κ3) is 4.25. The molecule has 31 heavy (non-hydrogen) atoms. The molecule has 2 aromatic carbocycles. The molecule has 1 fully saturated rings. The normalized spacial score (nSPS) is 15.4. The predicted octanol–water partition coefficient (Wildman–Crippen LogP) is 7.05. The number of hydrogen-bond donors (Lipinski definition) is 0. The third-order valence-electron chi connectivity index (χ3n) is 5.36. The number of rotatable bonds is 4. The van der Waals surface area contributed by atoms with Crippen LogP contribution in [0.2, 0.25) is 5.02 Å². The quantitative estimate of drug-likeness (QED) is 0.349. The third-order valence-corrected chi connectivity index (χ3v) is 7.21. The number of aromatic nitrogens is 1. The van der Waals surface area contributed by atoms with E-state index in [-0.39, 0.29) is 17.7 Å². The van der Waals surface area contributed by atoms with E-state index in [0.29, 0.717) is 9.93 Å². The van der Waals surface area contributed by atoms with Crippen LogP contribution in [0.5, 0.6) is 0 Å². The molecule has 0 unspecified atom stereocenters. The Bertz CT molecular complexity index is 1230. The molecule has 158 valence electrons. The van der Waals surface area contributed by atoms with Gasteiger partial charge in [-0.2, -0.15) is 0 Å². The Morgan fingerprint density at radius 2 is 1.77 bits per heavy atom. The number of benzene rings is 2. The van der Waals surface area contributed by atoms with Gasteiger partial charge in [0.25, 0.3) is 11.1 Å². The second-order valence-electron chi connectivity index (χ2n) is 7.44. The van der Waals surface area contributed by atoms with Crippen LogP contribution in [-0.4, -0.2) is 20.6 Å². The Labute approximate surface area is 199 Å². The Morgan fingerprint density at radius 1 is 1.06 bits per heavy atom. The van der Waals surface area contributed by atoms with Crippen molar-refractivity contribution in [3.8, 4) is 5.69 Å². The Kier molecular flexibility index (Phi) is 6.15. The van der Waals surface area contributed by atoms with Crippen molar-refractivity contribution < 1.29 is 9.59 Å². The SMILES string of the molecule is Cc1c(Cl)cccc1-n1c(C)cc(/C=C2\SC(=O)N(Cc3ccc(Br)cc3)C2=O)c1C. The first kappa shape index (κ1) is 21.9. The van der Waals surface area contributed by atoms with Crippen molar-refractivity contribution in [2.75, 3.05) is 0 Å². The van der Waals surface area contributed by atoms with E-state index >= 15 is 0 Å². The zero-order valence-corrected chi connectivity index (χ0v) is 20.4. The number of nitrogens with zero attached hydrogens (tertiary/aromatic N) is 2. The Balaban J connectivity index is 1.65. The maximum Gasteiger partial charge on any atom is 0.293 e. The minimum Gasteiger partial charge on any atom is -0.318 e. The van der Waals surface area contributed by atoms with Gasteiger partial charge in [-0.25, -0.2) is 0 Å². The van der Waals surface area contributed by atoms with Gasteiger partial charge in [-0.1, -0.05) is 45.7 Å². The van der Waals surface area contributed by atoms with Crippen molar-refractivity contribution in [2.45, 2.75) is 27.3 Å². The molecular weight excluding hydrogens is 496 g/mol. The first-order chi connectivity index (χ1) is 14.8. The average Bonchev–Trinajstić information content (AvgIpc) is 3.15. The molecule has 0 saturated carbocycles. The van der Waals surface area contributed by atoms with Gasteiger partial charge in [0.05, 0.1) is 11.4 Å². The lowest BCUT2D eigenvalue weighted by molar-refractivity contribution is -0.123. The lowest BCUT2D eigenvalue weighted by Gasteiger charge is -2.13. The van der Waals surface area contributed by atoms with Gasteiger partial charge in [0.1, 0.15) is 0 Å². The van der Waals surface area contributed by atoms with Crippen molar-refractivity contribution >= 4 is 56.5 Å². The van der Waals surface area contributed by atoms with Crippen molar-refractivity contribution in [2.24, 2.45) is 0 Å². The highest BCUT2D eigenvalue weighted by atomic mass is 79.9. The van der Waals surface area contributed by atoms with E-state index in [1.807, 2.05) is 75.4 Å². The van der Waals surface area contributed by atoms with Crippen molar-refractivity contribution in [1.82, 2.24) is 9.47 Å². The average molecular weight is 516 g/mol. The molecule has 0 bridgehead atoms. The largest absolute Gasteiger partial charge is 0.318 e. The topological polar surface area (TPSA) is 42.3 Å². The highest BCUT2D eigenvalue weighted by molar-refractivity contribution is 9.10. The summed E-state index contributed by atoms with van der Waals surface area (Å²) < 4.78 is 3.08. The van der Waals surface area contributed by atoms with Gasteiger partial charge in [-0.05, 0) is 85.6 Å². The summed E-state index contributed by atoms with van der Waals surface area (Å²) in [6, 6.07) is 15.5. The summed E-state index contributed by atoms with van der Waals surface area (Å²) in [5, 5.41) is 0.458. The standard InChI is InChI=1S/C24H20BrClN2O2S/c1-14-11-18(16(3)28(14)21-6-4-5-20(26)15(21)2)12-22-23(29)27(24(30)31-22)13-17-7-9-19(25)10-8-17/h4-12H,13H2,1-3H3/b22-12-. The molecule has 2 amide bonds. The zero-order chi connectivity index (χ0) is 22.3. The minimum absolute atomic E-state index is 0.251. The fraction of sp³-hybridized carbons (Fsp3) is 0.167. The molecule has 7 heteroatoms. The summed E-state index contributed by atoms with van der Waals surface area (Å²) in [6.07, 6.45) is 1.81. The van der Waals surface area contributed by atoms with E-state index in [9.17, 15) is 9.59 Å². The van der Waals surface area contributed by atoms with E-state index < -0.39 is 0 Å². The van der Waals surface area contributed by atoms with Crippen LogP contribution in [0, 0.1) is 20.8 Å². The number of thioether (sulfide) groups is 1. The fourth-order valence-electron chi connectivity index (χ4n) is 3.69. The van der Waals surface area contributed by atoms with E-state index in [4.69, 9.17) is 11.6 Å². The van der Waals surface area contributed by atoms with E-state index in [1.165, 1.54) is 4.90 Å². The molecule has 1 aromatic heterocycles. The molecule has 1 aliphatic rings. The minimum atomic E-state index is -0.262. The monoisotopic (exact) mass is 514 g/mol. The van der Waals surface area contributed by atoms with Gasteiger partial charge in [0.2, 0.25) is 0 Å². The summed E-state index contributed by atoms with van der Waals surface area (Å²) in [5.74, 6) is -0.262. The van der Waals surface area contributed by atoms with E-state index in [0.717, 1.165) is 50.0 Å². The summed E-state index contributed by atoms with van der Waals surface area (Å²) in [7, 11) is 0. The van der Waals surface area contributed by atoms with E-state index in [2.05, 4.69) is 20.5 Å². The van der Waals surface area contributed by atoms with Gasteiger partial charge in [0, 0.05) is 26.6 Å². The molecule has 2 heterocycles. The molecule has 4 nitrogen and oxygen atoms in total. The van der Waals surface area contributed by atoms with Crippen LogP contribution in [0.3, 0.4) is 0 Å². The summed E-state index contributed by atoms with van der Waals surface area (Å²) in [4.78, 5) is 27.2. The molecule has 0 radical (unpaired) electrons. The molecule has 1 aliphatic heterocycles. The number of aryl methyl sites for hydroxylation is 1. The number of carbonyl (C=O) groups is 2. The lowest BCUT2D eigenvalue weighted by Crippen LogP contribution is -2.27. The second kappa shape index (κ2) is 8.69. The number of hydrogen-bond acceptors (Lipinski definition) is 3. The van der Waals surface area contributed by atoms with Crippen LogP contribution < -0.4 is 0 Å². The summed E-state index contributed by atoms with van der Waals surface area (Å²) in [6.45, 7) is 6.27. The van der Waals surface area contributed by atoms with Crippen molar-refractivity contribution in [1.29, 1.82) is 0 Å². The molecule has 0 N–H and O–H groups in total. The first-order valence-electron chi connectivity index (χ1n) is 9.70. The van der Waals surface area contributed by atoms with Crippen LogP contribution >= 0.6 is 39.3 Å². The van der Waals surface area contributed by atoms with Gasteiger partial charge in [-0.3, -0.25) is 14.5 Å².